The Balaban J connectivity index is 1.23. The van der Waals surface area contributed by atoms with Gasteiger partial charge in [-0.15, -0.1) is 0 Å². The predicted octanol–water partition coefficient (Wildman–Crippen LogP) is 1.40. The molecule has 2 saturated heterocycles. The number of nitrogens with one attached hydrogen (secondary N) is 1. The van der Waals surface area contributed by atoms with E-state index in [4.69, 9.17) is 4.74 Å². The summed E-state index contributed by atoms with van der Waals surface area (Å²) in [6.45, 7) is 5.65. The maximum Gasteiger partial charge on any atom is 0.251 e. The molecule has 2 heterocycles. The summed E-state index contributed by atoms with van der Waals surface area (Å²) < 4.78 is 46.0. The van der Waals surface area contributed by atoms with E-state index in [1.165, 1.54) is 34.6 Å². The highest BCUT2D eigenvalue weighted by molar-refractivity contribution is 7.89. The van der Waals surface area contributed by atoms with Crippen molar-refractivity contribution in [1.82, 2.24) is 14.5 Å². The number of anilines is 1. The lowest BCUT2D eigenvalue weighted by Crippen LogP contribution is -2.48. The number of hydrogen-bond acceptors (Lipinski definition) is 6. The maximum absolute atomic E-state index is 14.0. The van der Waals surface area contributed by atoms with Crippen molar-refractivity contribution < 1.29 is 22.3 Å². The van der Waals surface area contributed by atoms with E-state index >= 15 is 0 Å². The van der Waals surface area contributed by atoms with Crippen molar-refractivity contribution in [2.75, 3.05) is 70.5 Å². The number of nitrogens with zero attached hydrogens (tertiary/aromatic N) is 3. The van der Waals surface area contributed by atoms with E-state index in [0.29, 0.717) is 50.6 Å². The van der Waals surface area contributed by atoms with Crippen molar-refractivity contribution in [3.05, 3.63) is 59.9 Å². The first-order chi connectivity index (χ1) is 15.9. The second-order valence-electron chi connectivity index (χ2n) is 8.08. The van der Waals surface area contributed by atoms with Gasteiger partial charge in [-0.05, 0) is 36.4 Å². The summed E-state index contributed by atoms with van der Waals surface area (Å²) in [7, 11) is -3.58. The SMILES string of the molecule is O=C(NCCN1CCN(c2ccccc2F)CC1)c1ccc(S(=O)(=O)N2CCOCC2)cc1. The summed E-state index contributed by atoms with van der Waals surface area (Å²) >= 11 is 0. The number of halogens is 1. The molecule has 4 rings (SSSR count). The zero-order valence-corrected chi connectivity index (χ0v) is 19.3. The van der Waals surface area contributed by atoms with E-state index in [1.807, 2.05) is 11.0 Å². The Labute approximate surface area is 194 Å². The number of ether oxygens (including phenoxy) is 1. The Morgan fingerprint density at radius 2 is 1.61 bits per heavy atom. The monoisotopic (exact) mass is 476 g/mol. The molecule has 33 heavy (non-hydrogen) atoms. The van der Waals surface area contributed by atoms with Crippen molar-refractivity contribution >= 4 is 21.6 Å². The molecule has 0 bridgehead atoms. The number of piperazine rings is 1. The van der Waals surface area contributed by atoms with Gasteiger partial charge in [0.2, 0.25) is 10.0 Å². The van der Waals surface area contributed by atoms with Gasteiger partial charge in [-0.1, -0.05) is 12.1 Å². The first-order valence-corrected chi connectivity index (χ1v) is 12.6. The summed E-state index contributed by atoms with van der Waals surface area (Å²) in [5, 5.41) is 2.89. The van der Waals surface area contributed by atoms with Crippen LogP contribution >= 0.6 is 0 Å². The summed E-state index contributed by atoms with van der Waals surface area (Å²) in [6, 6.07) is 12.8. The predicted molar refractivity (Wildman–Crippen MR) is 123 cm³/mol. The van der Waals surface area contributed by atoms with Gasteiger partial charge in [-0.3, -0.25) is 9.69 Å². The van der Waals surface area contributed by atoms with Crippen LogP contribution in [0.15, 0.2) is 53.4 Å². The molecule has 178 valence electrons. The van der Waals surface area contributed by atoms with Crippen LogP contribution in [0.25, 0.3) is 0 Å². The fraction of sp³-hybridized carbons (Fsp3) is 0.435. The first-order valence-electron chi connectivity index (χ1n) is 11.1. The maximum atomic E-state index is 14.0. The van der Waals surface area contributed by atoms with Crippen molar-refractivity contribution in [2.45, 2.75) is 4.90 Å². The molecule has 0 spiro atoms. The topological polar surface area (TPSA) is 82.2 Å². The van der Waals surface area contributed by atoms with Crippen LogP contribution in [0.5, 0.6) is 0 Å². The van der Waals surface area contributed by atoms with Gasteiger partial charge >= 0.3 is 0 Å². The van der Waals surface area contributed by atoms with E-state index < -0.39 is 10.0 Å². The minimum atomic E-state index is -3.58. The lowest BCUT2D eigenvalue weighted by molar-refractivity contribution is 0.0730. The molecule has 2 aromatic rings. The molecule has 8 nitrogen and oxygen atoms in total. The fourth-order valence-corrected chi connectivity index (χ4v) is 5.47. The van der Waals surface area contributed by atoms with E-state index in [9.17, 15) is 17.6 Å². The molecule has 1 N–H and O–H groups in total. The number of para-hydroxylation sites is 1. The normalized spacial score (nSPS) is 18.3. The zero-order chi connectivity index (χ0) is 23.3. The number of hydrogen-bond donors (Lipinski definition) is 1. The highest BCUT2D eigenvalue weighted by Gasteiger charge is 2.26. The highest BCUT2D eigenvalue weighted by Crippen LogP contribution is 2.20. The van der Waals surface area contributed by atoms with E-state index in [-0.39, 0.29) is 16.6 Å². The molecule has 0 radical (unpaired) electrons. The Bertz CT molecular complexity index is 1050. The summed E-state index contributed by atoms with van der Waals surface area (Å²) in [5.74, 6) is -0.447. The van der Waals surface area contributed by atoms with Crippen LogP contribution in [0.3, 0.4) is 0 Å². The Morgan fingerprint density at radius 1 is 0.939 bits per heavy atom. The molecule has 1 amide bonds. The molecule has 0 saturated carbocycles. The fourth-order valence-electron chi connectivity index (χ4n) is 4.06. The Morgan fingerprint density at radius 3 is 2.27 bits per heavy atom. The first kappa shape index (κ1) is 23.6. The van der Waals surface area contributed by atoms with Crippen LogP contribution in [0, 0.1) is 5.82 Å². The average molecular weight is 477 g/mol. The van der Waals surface area contributed by atoms with Gasteiger partial charge in [-0.2, -0.15) is 4.31 Å². The number of sulfonamides is 1. The zero-order valence-electron chi connectivity index (χ0n) is 18.5. The number of morpholine rings is 1. The number of amides is 1. The summed E-state index contributed by atoms with van der Waals surface area (Å²) in [6.07, 6.45) is 0. The van der Waals surface area contributed by atoms with Gasteiger partial charge in [0.05, 0.1) is 23.8 Å². The molecular formula is C23H29FN4O4S. The second kappa shape index (κ2) is 10.6. The summed E-state index contributed by atoms with van der Waals surface area (Å²) in [4.78, 5) is 16.9. The third kappa shape index (κ3) is 5.70. The van der Waals surface area contributed by atoms with Crippen LogP contribution in [0.4, 0.5) is 10.1 Å². The number of benzene rings is 2. The number of carbonyl (C=O) groups is 1. The van der Waals surface area contributed by atoms with Gasteiger partial charge < -0.3 is 15.0 Å². The highest BCUT2D eigenvalue weighted by atomic mass is 32.2. The largest absolute Gasteiger partial charge is 0.379 e. The third-order valence-corrected chi connectivity index (χ3v) is 7.92. The average Bonchev–Trinajstić information content (AvgIpc) is 2.85. The standard InChI is InChI=1S/C23H29FN4O4S/c24-21-3-1-2-4-22(21)27-13-11-26(12-14-27)10-9-25-23(29)19-5-7-20(8-6-19)33(30,31)28-15-17-32-18-16-28/h1-8H,9-18H2,(H,25,29). The number of rotatable bonds is 7. The Hall–Kier alpha value is -2.53. The van der Waals surface area contributed by atoms with Crippen LogP contribution in [-0.2, 0) is 14.8 Å². The molecule has 2 aromatic carbocycles. The van der Waals surface area contributed by atoms with Crippen molar-refractivity contribution in [2.24, 2.45) is 0 Å². The lowest BCUT2D eigenvalue weighted by Gasteiger charge is -2.36. The van der Waals surface area contributed by atoms with Crippen LogP contribution < -0.4 is 10.2 Å². The molecule has 2 aliphatic heterocycles. The molecule has 0 atom stereocenters. The van der Waals surface area contributed by atoms with Gasteiger partial charge in [0.15, 0.2) is 0 Å². The quantitative estimate of drug-likeness (QED) is 0.651. The molecule has 10 heteroatoms. The van der Waals surface area contributed by atoms with Crippen LogP contribution in [0.2, 0.25) is 0 Å². The van der Waals surface area contributed by atoms with Crippen molar-refractivity contribution in [3.8, 4) is 0 Å². The van der Waals surface area contributed by atoms with Crippen LogP contribution in [0.1, 0.15) is 10.4 Å². The van der Waals surface area contributed by atoms with E-state index in [0.717, 1.165) is 26.2 Å². The molecule has 0 unspecified atom stereocenters. The summed E-state index contributed by atoms with van der Waals surface area (Å²) in [5.41, 5.74) is 1.05. The molecule has 2 aliphatic rings. The van der Waals surface area contributed by atoms with Gasteiger partial charge in [0, 0.05) is 57.9 Å². The second-order valence-corrected chi connectivity index (χ2v) is 10.0. The van der Waals surface area contributed by atoms with Gasteiger partial charge in [0.25, 0.3) is 5.91 Å². The van der Waals surface area contributed by atoms with Crippen LogP contribution in [-0.4, -0.2) is 89.1 Å². The molecule has 0 aliphatic carbocycles. The smallest absolute Gasteiger partial charge is 0.251 e. The molecular weight excluding hydrogens is 447 g/mol. The minimum absolute atomic E-state index is 0.175. The third-order valence-electron chi connectivity index (χ3n) is 6.00. The molecule has 2 fully saturated rings. The Kier molecular flexibility index (Phi) is 7.59. The lowest BCUT2D eigenvalue weighted by atomic mass is 10.2. The van der Waals surface area contributed by atoms with Gasteiger partial charge in [0.1, 0.15) is 5.82 Å². The number of carbonyl (C=O) groups excluding carboxylic acids is 1. The van der Waals surface area contributed by atoms with Gasteiger partial charge in [-0.25, -0.2) is 12.8 Å². The molecule has 0 aromatic heterocycles. The van der Waals surface area contributed by atoms with E-state index in [2.05, 4.69) is 10.2 Å². The minimum Gasteiger partial charge on any atom is -0.379 e. The van der Waals surface area contributed by atoms with E-state index in [1.54, 1.807) is 12.1 Å². The van der Waals surface area contributed by atoms with Crippen molar-refractivity contribution in [3.63, 3.8) is 0 Å². The van der Waals surface area contributed by atoms with Crippen molar-refractivity contribution in [1.29, 1.82) is 0 Å².